The summed E-state index contributed by atoms with van der Waals surface area (Å²) in [6.07, 6.45) is 2.55. The minimum Gasteiger partial charge on any atom is -0.341 e. The van der Waals surface area contributed by atoms with Crippen LogP contribution in [-0.2, 0) is 14.4 Å². The lowest BCUT2D eigenvalue weighted by Gasteiger charge is -2.41. The van der Waals surface area contributed by atoms with Crippen molar-refractivity contribution in [3.05, 3.63) is 0 Å². The van der Waals surface area contributed by atoms with E-state index in [1.165, 1.54) is 4.90 Å². The summed E-state index contributed by atoms with van der Waals surface area (Å²) in [5.74, 6) is -0.134. The van der Waals surface area contributed by atoms with E-state index in [-0.39, 0.29) is 30.3 Å². The molecule has 1 atom stereocenters. The average Bonchev–Trinajstić information content (AvgIpc) is 2.83. The number of piperidine rings is 1. The van der Waals surface area contributed by atoms with Crippen molar-refractivity contribution >= 4 is 23.8 Å². The number of likely N-dealkylation sites (tertiary alicyclic amines) is 1. The fourth-order valence-electron chi connectivity index (χ4n) is 4.01. The topological polar surface area (TPSA) is 102 Å². The molecule has 3 saturated heterocycles. The third-order valence-electron chi connectivity index (χ3n) is 5.53. The molecule has 0 bridgehead atoms. The largest absolute Gasteiger partial charge is 0.341 e. The summed E-state index contributed by atoms with van der Waals surface area (Å²) in [6.45, 7) is 6.70. The zero-order valence-electron chi connectivity index (χ0n) is 16.1. The second-order valence-corrected chi connectivity index (χ2v) is 8.02. The van der Waals surface area contributed by atoms with Crippen LogP contribution in [0.3, 0.4) is 0 Å². The van der Waals surface area contributed by atoms with Gasteiger partial charge >= 0.3 is 6.03 Å². The predicted octanol–water partition coefficient (Wildman–Crippen LogP) is -0.480. The summed E-state index contributed by atoms with van der Waals surface area (Å²) in [6, 6.07) is -0.309. The number of hydrogen-bond acceptors (Lipinski definition) is 5. The Kier molecular flexibility index (Phi) is 5.69. The van der Waals surface area contributed by atoms with Gasteiger partial charge in [-0.25, -0.2) is 4.79 Å². The molecule has 3 aliphatic heterocycles. The smallest absolute Gasteiger partial charge is 0.325 e. The molecule has 3 rings (SSSR count). The number of piperazine rings is 1. The Bertz CT molecular complexity index is 635. The Morgan fingerprint density at radius 3 is 2.67 bits per heavy atom. The molecule has 0 saturated carbocycles. The summed E-state index contributed by atoms with van der Waals surface area (Å²) >= 11 is 0. The molecule has 2 N–H and O–H groups in total. The van der Waals surface area contributed by atoms with Crippen molar-refractivity contribution < 1.29 is 19.2 Å². The first-order valence-electron chi connectivity index (χ1n) is 9.71. The highest BCUT2D eigenvalue weighted by molar-refractivity contribution is 6.06. The van der Waals surface area contributed by atoms with Crippen LogP contribution >= 0.6 is 0 Å². The van der Waals surface area contributed by atoms with E-state index >= 15 is 0 Å². The number of carbonyl (C=O) groups is 4. The predicted molar refractivity (Wildman–Crippen MR) is 97.7 cm³/mol. The van der Waals surface area contributed by atoms with Gasteiger partial charge in [-0.2, -0.15) is 0 Å². The number of nitrogens with zero attached hydrogens (tertiary/aromatic N) is 3. The van der Waals surface area contributed by atoms with Crippen molar-refractivity contribution in [1.82, 2.24) is 25.3 Å². The van der Waals surface area contributed by atoms with Crippen molar-refractivity contribution in [3.63, 3.8) is 0 Å². The molecular formula is C18H29N5O4. The molecule has 150 valence electrons. The SMILES string of the molecule is CC1(C)NC(=O)N(CCCC(=O)N2CCCC(N3CCNCC3=O)C2)C1=O. The van der Waals surface area contributed by atoms with Crippen molar-refractivity contribution in [2.75, 3.05) is 39.3 Å². The van der Waals surface area contributed by atoms with Gasteiger partial charge in [0.2, 0.25) is 11.8 Å². The molecule has 0 aromatic rings. The molecular weight excluding hydrogens is 350 g/mol. The van der Waals surface area contributed by atoms with E-state index in [1.54, 1.807) is 13.8 Å². The second-order valence-electron chi connectivity index (χ2n) is 8.02. The van der Waals surface area contributed by atoms with Crippen LogP contribution in [0.5, 0.6) is 0 Å². The van der Waals surface area contributed by atoms with Crippen molar-refractivity contribution in [1.29, 1.82) is 0 Å². The van der Waals surface area contributed by atoms with Gasteiger partial charge in [0, 0.05) is 45.2 Å². The Morgan fingerprint density at radius 1 is 1.22 bits per heavy atom. The Hall–Kier alpha value is -2.16. The van der Waals surface area contributed by atoms with Crippen LogP contribution < -0.4 is 10.6 Å². The summed E-state index contributed by atoms with van der Waals surface area (Å²) in [7, 11) is 0. The molecule has 3 fully saturated rings. The lowest BCUT2D eigenvalue weighted by molar-refractivity contribution is -0.140. The minimum atomic E-state index is -0.878. The fraction of sp³-hybridized carbons (Fsp3) is 0.778. The number of nitrogens with one attached hydrogen (secondary N) is 2. The number of hydrogen-bond donors (Lipinski definition) is 2. The van der Waals surface area contributed by atoms with E-state index in [9.17, 15) is 19.2 Å². The zero-order chi connectivity index (χ0) is 19.6. The van der Waals surface area contributed by atoms with Gasteiger partial charge in [-0.05, 0) is 33.1 Å². The molecule has 27 heavy (non-hydrogen) atoms. The standard InChI is InChI=1S/C18H29N5O4/c1-18(2)16(26)23(17(27)20-18)9-4-6-14(24)21-8-3-5-13(12-21)22-10-7-19-11-15(22)25/h13,19H,3-12H2,1-2H3,(H,20,27). The van der Waals surface area contributed by atoms with Gasteiger partial charge in [-0.1, -0.05) is 0 Å². The van der Waals surface area contributed by atoms with Gasteiger partial charge in [-0.3, -0.25) is 19.3 Å². The summed E-state index contributed by atoms with van der Waals surface area (Å²) in [5, 5.41) is 5.71. The van der Waals surface area contributed by atoms with Crippen LogP contribution in [0.25, 0.3) is 0 Å². The van der Waals surface area contributed by atoms with E-state index in [2.05, 4.69) is 10.6 Å². The first kappa shape index (κ1) is 19.6. The molecule has 0 radical (unpaired) electrons. The lowest BCUT2D eigenvalue weighted by Crippen LogP contribution is -2.57. The Labute approximate surface area is 159 Å². The quantitative estimate of drug-likeness (QED) is 0.628. The van der Waals surface area contributed by atoms with Crippen LogP contribution in [-0.4, -0.2) is 89.3 Å². The first-order valence-corrected chi connectivity index (χ1v) is 9.71. The lowest BCUT2D eigenvalue weighted by atomic mass is 10.0. The van der Waals surface area contributed by atoms with Crippen LogP contribution in [0, 0.1) is 0 Å². The first-order chi connectivity index (χ1) is 12.8. The molecule has 0 aliphatic carbocycles. The molecule has 1 unspecified atom stereocenters. The molecule has 0 aromatic heterocycles. The maximum atomic E-state index is 12.6. The van der Waals surface area contributed by atoms with E-state index < -0.39 is 11.6 Å². The van der Waals surface area contributed by atoms with Crippen molar-refractivity contribution in [2.45, 2.75) is 51.1 Å². The molecule has 0 aromatic carbocycles. The minimum absolute atomic E-state index is 0.0218. The maximum absolute atomic E-state index is 12.6. The number of amides is 5. The third kappa shape index (κ3) is 4.23. The molecule has 9 heteroatoms. The monoisotopic (exact) mass is 379 g/mol. The van der Waals surface area contributed by atoms with Gasteiger partial charge in [0.15, 0.2) is 0 Å². The van der Waals surface area contributed by atoms with Crippen LogP contribution in [0.1, 0.15) is 39.5 Å². The summed E-state index contributed by atoms with van der Waals surface area (Å²) < 4.78 is 0. The second kappa shape index (κ2) is 7.84. The van der Waals surface area contributed by atoms with E-state index in [1.807, 2.05) is 9.80 Å². The Morgan fingerprint density at radius 2 is 2.00 bits per heavy atom. The molecule has 3 heterocycles. The van der Waals surface area contributed by atoms with Gasteiger partial charge in [0.05, 0.1) is 6.54 Å². The molecule has 9 nitrogen and oxygen atoms in total. The van der Waals surface area contributed by atoms with Gasteiger partial charge in [-0.15, -0.1) is 0 Å². The van der Waals surface area contributed by atoms with Crippen molar-refractivity contribution in [3.8, 4) is 0 Å². The zero-order valence-corrected chi connectivity index (χ0v) is 16.1. The highest BCUT2D eigenvalue weighted by Crippen LogP contribution is 2.19. The molecule has 5 amide bonds. The highest BCUT2D eigenvalue weighted by Gasteiger charge is 2.43. The van der Waals surface area contributed by atoms with Crippen molar-refractivity contribution in [2.24, 2.45) is 0 Å². The molecule has 0 spiro atoms. The van der Waals surface area contributed by atoms with Crippen LogP contribution in [0.4, 0.5) is 4.79 Å². The van der Waals surface area contributed by atoms with Crippen LogP contribution in [0.15, 0.2) is 0 Å². The number of rotatable bonds is 5. The van der Waals surface area contributed by atoms with E-state index in [4.69, 9.17) is 0 Å². The highest BCUT2D eigenvalue weighted by atomic mass is 16.2. The number of urea groups is 1. The average molecular weight is 379 g/mol. The van der Waals surface area contributed by atoms with Gasteiger partial charge in [0.25, 0.3) is 5.91 Å². The summed E-state index contributed by atoms with van der Waals surface area (Å²) in [5.41, 5.74) is -0.878. The third-order valence-corrected chi connectivity index (χ3v) is 5.53. The molecule has 3 aliphatic rings. The summed E-state index contributed by atoms with van der Waals surface area (Å²) in [4.78, 5) is 53.6. The normalized spacial score (nSPS) is 25.8. The van der Waals surface area contributed by atoms with Gasteiger partial charge < -0.3 is 20.4 Å². The maximum Gasteiger partial charge on any atom is 0.325 e. The van der Waals surface area contributed by atoms with Crippen LogP contribution in [0.2, 0.25) is 0 Å². The van der Waals surface area contributed by atoms with Gasteiger partial charge in [0.1, 0.15) is 5.54 Å². The number of imide groups is 1. The van der Waals surface area contributed by atoms with E-state index in [0.717, 1.165) is 19.4 Å². The fourth-order valence-corrected chi connectivity index (χ4v) is 4.01. The number of carbonyl (C=O) groups excluding carboxylic acids is 4. The Balaban J connectivity index is 1.47. The van der Waals surface area contributed by atoms with E-state index in [0.29, 0.717) is 39.0 Å².